The molecule has 0 bridgehead atoms. The topological polar surface area (TPSA) is 67.2 Å². The summed E-state index contributed by atoms with van der Waals surface area (Å²) < 4.78 is 2.12. The molecule has 24 heavy (non-hydrogen) atoms. The van der Waals surface area contributed by atoms with E-state index in [1.54, 1.807) is 6.20 Å². The molecule has 0 fully saturated rings. The molecule has 3 heterocycles. The largest absolute Gasteiger partial charge is 0.329 e. The molecule has 0 spiro atoms. The number of carbonyl (C=O) groups is 1. The van der Waals surface area contributed by atoms with Crippen LogP contribution in [-0.4, -0.2) is 62.1 Å². The summed E-state index contributed by atoms with van der Waals surface area (Å²) in [6.07, 6.45) is 2.13. The van der Waals surface area contributed by atoms with Gasteiger partial charge in [-0.05, 0) is 39.6 Å². The maximum absolute atomic E-state index is 13.0. The van der Waals surface area contributed by atoms with E-state index in [1.807, 2.05) is 45.0 Å². The second-order valence-electron chi connectivity index (χ2n) is 6.64. The van der Waals surface area contributed by atoms with Crippen LogP contribution >= 0.6 is 0 Å². The molecule has 1 unspecified atom stereocenters. The first kappa shape index (κ1) is 16.6. The van der Waals surface area contributed by atoms with Gasteiger partial charge in [0.25, 0.3) is 0 Å². The summed E-state index contributed by atoms with van der Waals surface area (Å²) in [6.45, 7) is 5.96. The molecular weight excluding hydrogens is 304 g/mol. The van der Waals surface area contributed by atoms with Crippen LogP contribution in [0.5, 0.6) is 0 Å². The highest BCUT2D eigenvalue weighted by Crippen LogP contribution is 2.20. The number of hydrogen-bond acceptors (Lipinski definition) is 5. The van der Waals surface area contributed by atoms with Crippen LogP contribution in [0.25, 0.3) is 0 Å². The molecule has 0 N–H and O–H groups in total. The lowest BCUT2D eigenvalue weighted by atomic mass is 10.1. The summed E-state index contributed by atoms with van der Waals surface area (Å²) in [6, 6.07) is 3.97. The van der Waals surface area contributed by atoms with Crippen molar-refractivity contribution in [1.82, 2.24) is 29.5 Å². The Hall–Kier alpha value is -2.28. The van der Waals surface area contributed by atoms with Gasteiger partial charge in [-0.3, -0.25) is 9.78 Å². The summed E-state index contributed by atoms with van der Waals surface area (Å²) in [7, 11) is 4.06. The Morgan fingerprint density at radius 1 is 1.33 bits per heavy atom. The summed E-state index contributed by atoms with van der Waals surface area (Å²) in [4.78, 5) is 21.3. The van der Waals surface area contributed by atoms with Crippen molar-refractivity contribution in [2.24, 2.45) is 0 Å². The van der Waals surface area contributed by atoms with Gasteiger partial charge in [-0.1, -0.05) is 6.07 Å². The molecule has 7 nitrogen and oxygen atoms in total. The Kier molecular flexibility index (Phi) is 4.62. The lowest BCUT2D eigenvalue weighted by molar-refractivity contribution is -0.135. The Morgan fingerprint density at radius 3 is 2.83 bits per heavy atom. The number of rotatable bonds is 4. The predicted octanol–water partition coefficient (Wildman–Crippen LogP) is 0.805. The van der Waals surface area contributed by atoms with Crippen molar-refractivity contribution >= 4 is 5.91 Å². The van der Waals surface area contributed by atoms with Crippen molar-refractivity contribution < 1.29 is 4.79 Å². The third kappa shape index (κ3) is 3.31. The molecule has 0 radical (unpaired) electrons. The Morgan fingerprint density at radius 2 is 2.12 bits per heavy atom. The minimum absolute atomic E-state index is 0.116. The molecule has 2 aromatic heterocycles. The van der Waals surface area contributed by atoms with E-state index < -0.39 is 0 Å². The van der Waals surface area contributed by atoms with Gasteiger partial charge in [0.15, 0.2) is 5.82 Å². The van der Waals surface area contributed by atoms with E-state index in [2.05, 4.69) is 24.6 Å². The fourth-order valence-corrected chi connectivity index (χ4v) is 3.21. The zero-order chi connectivity index (χ0) is 17.3. The number of pyridine rings is 1. The van der Waals surface area contributed by atoms with Gasteiger partial charge in [-0.15, -0.1) is 10.2 Å². The maximum Gasteiger partial charge on any atom is 0.227 e. The monoisotopic (exact) mass is 328 g/mol. The standard InChI is InChI=1S/C17H24N6O/c1-12-14(6-5-7-18-12)8-17(24)23-11-16-20-19-13(2)22(16)10-15(23)9-21(3)4/h5-7,15H,8-11H2,1-4H3. The molecule has 7 heteroatoms. The summed E-state index contributed by atoms with van der Waals surface area (Å²) >= 11 is 0. The quantitative estimate of drug-likeness (QED) is 0.831. The van der Waals surface area contributed by atoms with Gasteiger partial charge in [0, 0.05) is 25.0 Å². The molecule has 3 rings (SSSR count). The number of hydrogen-bond donors (Lipinski definition) is 0. The van der Waals surface area contributed by atoms with Crippen molar-refractivity contribution in [1.29, 1.82) is 0 Å². The average Bonchev–Trinajstić information content (AvgIpc) is 2.89. The maximum atomic E-state index is 13.0. The molecule has 0 saturated carbocycles. The van der Waals surface area contributed by atoms with Gasteiger partial charge < -0.3 is 14.4 Å². The van der Waals surface area contributed by atoms with Crippen molar-refractivity contribution in [2.75, 3.05) is 20.6 Å². The summed E-state index contributed by atoms with van der Waals surface area (Å²) in [5.74, 6) is 1.88. The molecule has 1 amide bonds. The first-order valence-electron chi connectivity index (χ1n) is 8.19. The van der Waals surface area contributed by atoms with Crippen molar-refractivity contribution in [3.63, 3.8) is 0 Å². The molecular formula is C17H24N6O. The minimum atomic E-state index is 0.116. The number of nitrogens with zero attached hydrogens (tertiary/aromatic N) is 6. The number of fused-ring (bicyclic) bond motifs is 1. The van der Waals surface area contributed by atoms with E-state index in [1.165, 1.54) is 0 Å². The molecule has 1 atom stereocenters. The SMILES string of the molecule is Cc1ncccc1CC(=O)N1Cc2nnc(C)n2CC1CN(C)C. The van der Waals surface area contributed by atoms with Gasteiger partial charge in [0.1, 0.15) is 5.82 Å². The van der Waals surface area contributed by atoms with E-state index in [-0.39, 0.29) is 11.9 Å². The van der Waals surface area contributed by atoms with E-state index in [4.69, 9.17) is 0 Å². The Balaban J connectivity index is 1.83. The molecule has 1 aliphatic heterocycles. The minimum Gasteiger partial charge on any atom is -0.329 e. The first-order chi connectivity index (χ1) is 11.5. The van der Waals surface area contributed by atoms with Gasteiger partial charge in [-0.2, -0.15) is 0 Å². The van der Waals surface area contributed by atoms with Crippen molar-refractivity contribution in [2.45, 2.75) is 39.4 Å². The van der Waals surface area contributed by atoms with Crippen LogP contribution in [-0.2, 0) is 24.3 Å². The third-order valence-corrected chi connectivity index (χ3v) is 4.51. The number of likely N-dealkylation sites (N-methyl/N-ethyl adjacent to an activating group) is 1. The summed E-state index contributed by atoms with van der Waals surface area (Å²) in [5, 5.41) is 8.38. The van der Waals surface area contributed by atoms with Crippen LogP contribution in [0.15, 0.2) is 18.3 Å². The zero-order valence-corrected chi connectivity index (χ0v) is 14.7. The van der Waals surface area contributed by atoms with Gasteiger partial charge in [0.2, 0.25) is 5.91 Å². The van der Waals surface area contributed by atoms with Gasteiger partial charge in [0.05, 0.1) is 19.0 Å². The van der Waals surface area contributed by atoms with Crippen molar-refractivity contribution in [3.8, 4) is 0 Å². The predicted molar refractivity (Wildman–Crippen MR) is 90.3 cm³/mol. The van der Waals surface area contributed by atoms with Crippen LogP contribution < -0.4 is 0 Å². The second kappa shape index (κ2) is 6.68. The van der Waals surface area contributed by atoms with E-state index >= 15 is 0 Å². The first-order valence-corrected chi connectivity index (χ1v) is 8.19. The summed E-state index contributed by atoms with van der Waals surface area (Å²) in [5.41, 5.74) is 1.89. The third-order valence-electron chi connectivity index (χ3n) is 4.51. The van der Waals surface area contributed by atoms with Gasteiger partial charge in [-0.25, -0.2) is 0 Å². The van der Waals surface area contributed by atoms with E-state index in [0.717, 1.165) is 36.0 Å². The van der Waals surface area contributed by atoms with Crippen LogP contribution in [0.2, 0.25) is 0 Å². The van der Waals surface area contributed by atoms with Gasteiger partial charge >= 0.3 is 0 Å². The second-order valence-corrected chi connectivity index (χ2v) is 6.64. The van der Waals surface area contributed by atoms with Crippen molar-refractivity contribution in [3.05, 3.63) is 41.2 Å². The number of amides is 1. The van der Waals surface area contributed by atoms with Crippen LogP contribution in [0.1, 0.15) is 22.9 Å². The number of carbonyl (C=O) groups excluding carboxylic acids is 1. The molecule has 1 aliphatic rings. The van der Waals surface area contributed by atoms with E-state index in [9.17, 15) is 4.79 Å². The highest BCUT2D eigenvalue weighted by atomic mass is 16.2. The van der Waals surface area contributed by atoms with E-state index in [0.29, 0.717) is 13.0 Å². The Labute approximate surface area is 142 Å². The van der Waals surface area contributed by atoms with Crippen LogP contribution in [0.3, 0.4) is 0 Å². The lowest BCUT2D eigenvalue weighted by Gasteiger charge is -2.37. The molecule has 128 valence electrons. The smallest absolute Gasteiger partial charge is 0.227 e. The van der Waals surface area contributed by atoms with Crippen LogP contribution in [0, 0.1) is 13.8 Å². The molecule has 2 aromatic rings. The average molecular weight is 328 g/mol. The molecule has 0 saturated heterocycles. The molecule has 0 aliphatic carbocycles. The van der Waals surface area contributed by atoms with Crippen LogP contribution in [0.4, 0.5) is 0 Å². The number of aryl methyl sites for hydroxylation is 2. The fourth-order valence-electron chi connectivity index (χ4n) is 3.21. The Bertz CT molecular complexity index is 738. The zero-order valence-electron chi connectivity index (χ0n) is 14.7. The lowest BCUT2D eigenvalue weighted by Crippen LogP contribution is -2.51. The normalized spacial score (nSPS) is 17.2. The highest BCUT2D eigenvalue weighted by Gasteiger charge is 2.32. The fraction of sp³-hybridized carbons (Fsp3) is 0.529. The molecule has 0 aromatic carbocycles. The number of aromatic nitrogens is 4. The highest BCUT2D eigenvalue weighted by molar-refractivity contribution is 5.79.